The van der Waals surface area contributed by atoms with Crippen molar-refractivity contribution in [2.45, 2.75) is 0 Å². The fourth-order valence-electron chi connectivity index (χ4n) is 6.19. The van der Waals surface area contributed by atoms with Gasteiger partial charge >= 0.3 is 0 Å². The fourth-order valence-corrected chi connectivity index (χ4v) is 6.19. The van der Waals surface area contributed by atoms with Crippen LogP contribution < -0.4 is 21.9 Å². The number of phenols is 4. The summed E-state index contributed by atoms with van der Waals surface area (Å²) in [6.07, 6.45) is 0. The van der Waals surface area contributed by atoms with Crippen LogP contribution in [-0.4, -0.2) is 51.8 Å². The van der Waals surface area contributed by atoms with Crippen molar-refractivity contribution in [1.29, 1.82) is 0 Å². The van der Waals surface area contributed by atoms with E-state index in [-0.39, 0.29) is 32.6 Å². The minimum atomic E-state index is -0.879. The lowest BCUT2D eigenvalue weighted by molar-refractivity contribution is 0.351. The van der Waals surface area contributed by atoms with Crippen LogP contribution in [0.4, 0.5) is 0 Å². The predicted molar refractivity (Wildman–Crippen MR) is 183 cm³/mol. The van der Waals surface area contributed by atoms with Crippen LogP contribution in [0.25, 0.3) is 65.7 Å². The number of fused-ring (bicyclic) bond motifs is 3. The summed E-state index contributed by atoms with van der Waals surface area (Å²) >= 11 is 0. The van der Waals surface area contributed by atoms with Crippen molar-refractivity contribution in [2.24, 2.45) is 0 Å². The zero-order chi connectivity index (χ0) is 30.9. The summed E-state index contributed by atoms with van der Waals surface area (Å²) in [7, 11) is 26.2. The van der Waals surface area contributed by atoms with Crippen molar-refractivity contribution in [3.05, 3.63) is 97.1 Å². The maximum Gasteiger partial charge on any atom is 0.204 e. The first-order valence-electron chi connectivity index (χ1n) is 13.8. The highest BCUT2D eigenvalue weighted by Crippen LogP contribution is 2.56. The lowest BCUT2D eigenvalue weighted by Gasteiger charge is -2.26. The zero-order valence-electron chi connectivity index (χ0n) is 23.3. The van der Waals surface area contributed by atoms with E-state index < -0.39 is 23.0 Å². The molecule has 0 fully saturated rings. The molecule has 4 nitrogen and oxygen atoms in total. The summed E-state index contributed by atoms with van der Waals surface area (Å²) in [5.74, 6) is -3.04. The van der Waals surface area contributed by atoms with E-state index in [1.165, 1.54) is 0 Å². The number of hydrogen-bond donors (Lipinski definition) is 4. The first-order valence-corrected chi connectivity index (χ1v) is 13.8. The van der Waals surface area contributed by atoms with E-state index in [1.807, 2.05) is 66.7 Å². The lowest BCUT2D eigenvalue weighted by Crippen LogP contribution is -2.48. The molecule has 0 saturated heterocycles. The Kier molecular flexibility index (Phi) is 6.40. The molecule has 0 aliphatic rings. The Morgan fingerprint density at radius 2 is 0.818 bits per heavy atom. The van der Waals surface area contributed by atoms with Crippen LogP contribution in [0.2, 0.25) is 0 Å². The molecule has 8 radical (unpaired) electrons. The minimum Gasteiger partial charge on any atom is -0.504 e. The first kappa shape index (κ1) is 27.6. The van der Waals surface area contributed by atoms with Crippen LogP contribution in [0.15, 0.2) is 97.1 Å². The van der Waals surface area contributed by atoms with Gasteiger partial charge in [-0.3, -0.25) is 0 Å². The van der Waals surface area contributed by atoms with Crippen molar-refractivity contribution in [2.75, 3.05) is 0 Å². The quantitative estimate of drug-likeness (QED) is 0.114. The first-order chi connectivity index (χ1) is 21.2. The molecule has 7 aromatic carbocycles. The smallest absolute Gasteiger partial charge is 0.204 e. The van der Waals surface area contributed by atoms with E-state index in [0.717, 1.165) is 21.9 Å². The predicted octanol–water partition coefficient (Wildman–Crippen LogP) is 4.14. The molecule has 7 aromatic rings. The Balaban J connectivity index is 1.70. The lowest BCUT2D eigenvalue weighted by atomic mass is 9.62. The van der Waals surface area contributed by atoms with Crippen molar-refractivity contribution >= 4 is 85.6 Å². The Morgan fingerprint density at radius 1 is 0.341 bits per heavy atom. The molecule has 0 atom stereocenters. The van der Waals surface area contributed by atoms with E-state index >= 15 is 0 Å². The van der Waals surface area contributed by atoms with E-state index in [4.69, 9.17) is 31.4 Å². The van der Waals surface area contributed by atoms with Crippen LogP contribution in [0, 0.1) is 0 Å². The van der Waals surface area contributed by atoms with Gasteiger partial charge in [-0.25, -0.2) is 0 Å². The zero-order valence-corrected chi connectivity index (χ0v) is 23.3. The summed E-state index contributed by atoms with van der Waals surface area (Å²) in [5.41, 5.74) is 4.04. The largest absolute Gasteiger partial charge is 0.504 e. The van der Waals surface area contributed by atoms with E-state index in [2.05, 4.69) is 6.07 Å². The summed E-state index contributed by atoms with van der Waals surface area (Å²) in [4.78, 5) is 0. The topological polar surface area (TPSA) is 80.9 Å². The average molecular weight is 560 g/mol. The van der Waals surface area contributed by atoms with Crippen molar-refractivity contribution in [3.63, 3.8) is 0 Å². The highest BCUT2D eigenvalue weighted by molar-refractivity contribution is 6.68. The van der Waals surface area contributed by atoms with Crippen LogP contribution in [-0.2, 0) is 0 Å². The van der Waals surface area contributed by atoms with Gasteiger partial charge in [0, 0.05) is 21.9 Å². The molecule has 0 amide bonds. The van der Waals surface area contributed by atoms with Gasteiger partial charge in [0.15, 0.2) is 11.5 Å². The Bertz CT molecular complexity index is 2240. The highest BCUT2D eigenvalue weighted by atomic mass is 16.3. The summed E-state index contributed by atoms with van der Waals surface area (Å²) in [5, 5.41) is 47.4. The van der Waals surface area contributed by atoms with Gasteiger partial charge in [0.05, 0.1) is 0 Å². The van der Waals surface area contributed by atoms with Gasteiger partial charge in [-0.2, -0.15) is 0 Å². The molecular formula is C36H20B4O4. The molecule has 0 spiro atoms. The second-order valence-electron chi connectivity index (χ2n) is 10.8. The van der Waals surface area contributed by atoms with Crippen LogP contribution in [0.3, 0.4) is 0 Å². The molecule has 4 N–H and O–H groups in total. The number of benzene rings is 7. The molecule has 0 unspecified atom stereocenters. The van der Waals surface area contributed by atoms with Gasteiger partial charge in [0.25, 0.3) is 0 Å². The third-order valence-electron chi connectivity index (χ3n) is 8.35. The minimum absolute atomic E-state index is 0.0510. The second-order valence-corrected chi connectivity index (χ2v) is 10.8. The molecule has 200 valence electrons. The Morgan fingerprint density at radius 3 is 1.43 bits per heavy atom. The average Bonchev–Trinajstić information content (AvgIpc) is 3.06. The van der Waals surface area contributed by atoms with Crippen LogP contribution in [0.1, 0.15) is 0 Å². The number of aromatic hydroxyl groups is 4. The highest BCUT2D eigenvalue weighted by Gasteiger charge is 2.29. The molecule has 0 aromatic heterocycles. The van der Waals surface area contributed by atoms with E-state index in [9.17, 15) is 20.4 Å². The molecule has 0 aliphatic heterocycles. The number of hydrogen-bond acceptors (Lipinski definition) is 4. The molecule has 8 heteroatoms. The third-order valence-corrected chi connectivity index (χ3v) is 8.35. The van der Waals surface area contributed by atoms with Gasteiger partial charge in [-0.15, -0.1) is 10.9 Å². The monoisotopic (exact) mass is 560 g/mol. The van der Waals surface area contributed by atoms with Crippen molar-refractivity contribution in [1.82, 2.24) is 0 Å². The van der Waals surface area contributed by atoms with Gasteiger partial charge in [0.2, 0.25) is 11.5 Å². The Labute approximate surface area is 258 Å². The standard InChI is InChI=1S/C36H20B4O4/c37-29-25-23(18-8-2-1-3-9-18)27-28(34(42)36(44)35(43)33(27)41)24(26(25)30(38)32(40)31(29)39)22-12-6-11-20(16-22)21-14-13-17-7-4-5-10-19(17)15-21/h1-16,41-44H. The second kappa shape index (κ2) is 10.2. The van der Waals surface area contributed by atoms with Crippen molar-refractivity contribution in [3.8, 4) is 56.4 Å². The van der Waals surface area contributed by atoms with Crippen LogP contribution in [0.5, 0.6) is 23.0 Å². The SMILES string of the molecule is [B]c1c([B])c([B])c2c(-c3cccc(-c4ccc5ccccc5c4)c3)c3c(O)c(O)c(O)c(O)c3c(-c3ccccc3)c2c1[B]. The maximum absolute atomic E-state index is 11.5. The van der Waals surface area contributed by atoms with E-state index in [1.54, 1.807) is 24.3 Å². The summed E-state index contributed by atoms with van der Waals surface area (Å²) in [6, 6.07) is 30.8. The number of phenolic OH excluding ortho intramolecular Hbond substituents is 4. The van der Waals surface area contributed by atoms with Gasteiger partial charge in [-0.1, -0.05) is 95.9 Å². The normalized spacial score (nSPS) is 11.5. The molecule has 0 aliphatic carbocycles. The summed E-state index contributed by atoms with van der Waals surface area (Å²) < 4.78 is 0. The molecular weight excluding hydrogens is 540 g/mol. The van der Waals surface area contributed by atoms with Gasteiger partial charge in [0.1, 0.15) is 31.4 Å². The molecule has 0 heterocycles. The molecule has 0 bridgehead atoms. The molecule has 7 rings (SSSR count). The molecule has 0 saturated carbocycles. The number of rotatable bonds is 3. The van der Waals surface area contributed by atoms with Crippen molar-refractivity contribution < 1.29 is 20.4 Å². The fraction of sp³-hybridized carbons (Fsp3) is 0. The van der Waals surface area contributed by atoms with E-state index in [0.29, 0.717) is 33.0 Å². The van der Waals surface area contributed by atoms with Gasteiger partial charge < -0.3 is 20.4 Å². The molecule has 44 heavy (non-hydrogen) atoms. The van der Waals surface area contributed by atoms with Crippen LogP contribution >= 0.6 is 0 Å². The summed E-state index contributed by atoms with van der Waals surface area (Å²) in [6.45, 7) is 0. The Hall–Kier alpha value is -5.22. The maximum atomic E-state index is 11.5. The van der Waals surface area contributed by atoms with Gasteiger partial charge in [-0.05, 0) is 55.9 Å². The third kappa shape index (κ3) is 3.98.